The Balaban J connectivity index is 1.37. The molecular weight excluding hydrogens is 374 g/mol. The van der Waals surface area contributed by atoms with Crippen LogP contribution in [0.5, 0.6) is 0 Å². The van der Waals surface area contributed by atoms with Gasteiger partial charge in [-0.2, -0.15) is 0 Å². The minimum Gasteiger partial charge on any atom is -0.350 e. The highest BCUT2D eigenvalue weighted by atomic mass is 16.2. The molecule has 5 heteroatoms. The molecule has 2 heterocycles. The van der Waals surface area contributed by atoms with E-state index in [1.54, 1.807) is 0 Å². The van der Waals surface area contributed by atoms with Gasteiger partial charge in [-0.15, -0.1) is 0 Å². The SMILES string of the molecule is CC1(C(=O)NCc2ccccc2)CCC(=O)N1C1CCN(Cc2ccccc2)CC1. The van der Waals surface area contributed by atoms with Gasteiger partial charge in [0.1, 0.15) is 5.54 Å². The van der Waals surface area contributed by atoms with Crippen molar-refractivity contribution in [3.63, 3.8) is 0 Å². The molecule has 2 aromatic rings. The van der Waals surface area contributed by atoms with Crippen molar-refractivity contribution in [3.8, 4) is 0 Å². The minimum absolute atomic E-state index is 0.0380. The number of likely N-dealkylation sites (tertiary alicyclic amines) is 2. The summed E-state index contributed by atoms with van der Waals surface area (Å²) in [5.74, 6) is 0.0813. The lowest BCUT2D eigenvalue weighted by Crippen LogP contribution is -2.59. The summed E-state index contributed by atoms with van der Waals surface area (Å²) < 4.78 is 0. The molecule has 0 radical (unpaired) electrons. The van der Waals surface area contributed by atoms with Crippen molar-refractivity contribution in [2.45, 2.75) is 57.3 Å². The van der Waals surface area contributed by atoms with Crippen LogP contribution in [0.4, 0.5) is 0 Å². The Kier molecular flexibility index (Phi) is 6.18. The second kappa shape index (κ2) is 9.00. The Morgan fingerprint density at radius 1 is 1.00 bits per heavy atom. The van der Waals surface area contributed by atoms with Crippen molar-refractivity contribution < 1.29 is 9.59 Å². The second-order valence-corrected chi connectivity index (χ2v) is 8.70. The molecule has 0 aromatic heterocycles. The first-order chi connectivity index (χ1) is 14.6. The topological polar surface area (TPSA) is 52.7 Å². The standard InChI is InChI=1S/C25H31N3O2/c1-25(24(30)26-18-20-8-4-2-5-9-20)15-12-23(29)28(25)22-13-16-27(17-14-22)19-21-10-6-3-7-11-21/h2-11,22H,12-19H2,1H3,(H,26,30). The van der Waals surface area contributed by atoms with Crippen LogP contribution in [-0.2, 0) is 22.7 Å². The molecule has 158 valence electrons. The van der Waals surface area contributed by atoms with Gasteiger partial charge in [0.05, 0.1) is 0 Å². The predicted octanol–water partition coefficient (Wildman–Crippen LogP) is 3.35. The van der Waals surface area contributed by atoms with Gasteiger partial charge in [-0.3, -0.25) is 14.5 Å². The summed E-state index contributed by atoms with van der Waals surface area (Å²) in [6, 6.07) is 20.6. The maximum absolute atomic E-state index is 13.1. The van der Waals surface area contributed by atoms with Gasteiger partial charge in [0.2, 0.25) is 11.8 Å². The van der Waals surface area contributed by atoms with Crippen molar-refractivity contribution in [1.29, 1.82) is 0 Å². The third-order valence-electron chi connectivity index (χ3n) is 6.58. The molecule has 2 aromatic carbocycles. The summed E-state index contributed by atoms with van der Waals surface area (Å²) in [5, 5.41) is 3.07. The largest absolute Gasteiger partial charge is 0.350 e. The number of carbonyl (C=O) groups is 2. The lowest BCUT2D eigenvalue weighted by molar-refractivity contribution is -0.144. The van der Waals surface area contributed by atoms with Gasteiger partial charge >= 0.3 is 0 Å². The number of carbonyl (C=O) groups excluding carboxylic acids is 2. The van der Waals surface area contributed by atoms with Crippen LogP contribution in [-0.4, -0.2) is 46.3 Å². The average molecular weight is 406 g/mol. The molecular formula is C25H31N3O2. The Hall–Kier alpha value is -2.66. The summed E-state index contributed by atoms with van der Waals surface area (Å²) in [4.78, 5) is 30.3. The van der Waals surface area contributed by atoms with Crippen molar-refractivity contribution >= 4 is 11.8 Å². The Bertz CT molecular complexity index is 862. The molecule has 1 unspecified atom stereocenters. The summed E-state index contributed by atoms with van der Waals surface area (Å²) >= 11 is 0. The van der Waals surface area contributed by atoms with E-state index < -0.39 is 5.54 Å². The van der Waals surface area contributed by atoms with E-state index >= 15 is 0 Å². The monoisotopic (exact) mass is 405 g/mol. The van der Waals surface area contributed by atoms with E-state index in [0.29, 0.717) is 19.4 Å². The molecule has 2 saturated heterocycles. The number of hydrogen-bond acceptors (Lipinski definition) is 3. The molecule has 2 fully saturated rings. The van der Waals surface area contributed by atoms with E-state index in [-0.39, 0.29) is 17.9 Å². The van der Waals surface area contributed by atoms with E-state index in [2.05, 4.69) is 34.5 Å². The summed E-state index contributed by atoms with van der Waals surface area (Å²) in [6.07, 6.45) is 2.89. The number of amides is 2. The quantitative estimate of drug-likeness (QED) is 0.802. The summed E-state index contributed by atoms with van der Waals surface area (Å²) in [7, 11) is 0. The van der Waals surface area contributed by atoms with Crippen molar-refractivity contribution in [2.24, 2.45) is 0 Å². The van der Waals surface area contributed by atoms with Gasteiger partial charge in [-0.1, -0.05) is 60.7 Å². The van der Waals surface area contributed by atoms with Crippen molar-refractivity contribution in [2.75, 3.05) is 13.1 Å². The predicted molar refractivity (Wildman–Crippen MR) is 118 cm³/mol. The van der Waals surface area contributed by atoms with Crippen LogP contribution in [0.25, 0.3) is 0 Å². The molecule has 0 saturated carbocycles. The molecule has 30 heavy (non-hydrogen) atoms. The van der Waals surface area contributed by atoms with E-state index in [9.17, 15) is 9.59 Å². The first-order valence-corrected chi connectivity index (χ1v) is 11.0. The maximum atomic E-state index is 13.1. The molecule has 2 aliphatic heterocycles. The highest BCUT2D eigenvalue weighted by Gasteiger charge is 2.50. The van der Waals surface area contributed by atoms with Gasteiger partial charge in [-0.05, 0) is 37.3 Å². The van der Waals surface area contributed by atoms with Crippen LogP contribution >= 0.6 is 0 Å². The number of piperidine rings is 1. The first kappa shape index (κ1) is 20.6. The third-order valence-corrected chi connectivity index (χ3v) is 6.58. The van der Waals surface area contributed by atoms with E-state index in [4.69, 9.17) is 0 Å². The molecule has 2 aliphatic rings. The molecule has 5 nitrogen and oxygen atoms in total. The molecule has 4 rings (SSSR count). The van der Waals surface area contributed by atoms with Crippen LogP contribution in [0.15, 0.2) is 60.7 Å². The molecule has 1 atom stereocenters. The summed E-state index contributed by atoms with van der Waals surface area (Å²) in [6.45, 7) is 5.27. The lowest BCUT2D eigenvalue weighted by Gasteiger charge is -2.43. The van der Waals surface area contributed by atoms with Gasteiger partial charge in [0.25, 0.3) is 0 Å². The Morgan fingerprint density at radius 2 is 1.60 bits per heavy atom. The van der Waals surface area contributed by atoms with Crippen LogP contribution in [0.1, 0.15) is 43.7 Å². The molecule has 2 amide bonds. The number of rotatable bonds is 6. The number of nitrogens with zero attached hydrogens (tertiary/aromatic N) is 2. The highest BCUT2D eigenvalue weighted by Crippen LogP contribution is 2.35. The van der Waals surface area contributed by atoms with Crippen LogP contribution in [0.2, 0.25) is 0 Å². The van der Waals surface area contributed by atoms with Crippen LogP contribution in [0, 0.1) is 0 Å². The zero-order valence-corrected chi connectivity index (χ0v) is 17.7. The summed E-state index contributed by atoms with van der Waals surface area (Å²) in [5.41, 5.74) is 1.64. The molecule has 0 bridgehead atoms. The first-order valence-electron chi connectivity index (χ1n) is 11.0. The number of hydrogen-bond donors (Lipinski definition) is 1. The van der Waals surface area contributed by atoms with Crippen LogP contribution in [0.3, 0.4) is 0 Å². The van der Waals surface area contributed by atoms with Gasteiger partial charge in [0, 0.05) is 38.6 Å². The van der Waals surface area contributed by atoms with Gasteiger partial charge < -0.3 is 10.2 Å². The Morgan fingerprint density at radius 3 is 2.23 bits per heavy atom. The van der Waals surface area contributed by atoms with Crippen molar-refractivity contribution in [1.82, 2.24) is 15.1 Å². The fourth-order valence-corrected chi connectivity index (χ4v) is 4.84. The highest BCUT2D eigenvalue weighted by molar-refractivity contribution is 5.94. The zero-order chi connectivity index (χ0) is 21.0. The third kappa shape index (κ3) is 4.41. The minimum atomic E-state index is -0.752. The fraction of sp³-hybridized carbons (Fsp3) is 0.440. The maximum Gasteiger partial charge on any atom is 0.245 e. The molecule has 0 aliphatic carbocycles. The molecule has 0 spiro atoms. The molecule has 1 N–H and O–H groups in total. The van der Waals surface area contributed by atoms with E-state index in [0.717, 1.165) is 38.0 Å². The normalized spacial score (nSPS) is 23.0. The van der Waals surface area contributed by atoms with Crippen molar-refractivity contribution in [3.05, 3.63) is 71.8 Å². The zero-order valence-electron chi connectivity index (χ0n) is 17.7. The Labute approximate surface area is 179 Å². The van der Waals surface area contributed by atoms with E-state index in [1.165, 1.54) is 5.56 Å². The fourth-order valence-electron chi connectivity index (χ4n) is 4.84. The van der Waals surface area contributed by atoms with Gasteiger partial charge in [-0.25, -0.2) is 0 Å². The van der Waals surface area contributed by atoms with Gasteiger partial charge in [0.15, 0.2) is 0 Å². The van der Waals surface area contributed by atoms with E-state index in [1.807, 2.05) is 48.2 Å². The number of benzene rings is 2. The smallest absolute Gasteiger partial charge is 0.245 e. The van der Waals surface area contributed by atoms with Crippen LogP contribution < -0.4 is 5.32 Å². The lowest BCUT2D eigenvalue weighted by atomic mass is 9.93. The second-order valence-electron chi connectivity index (χ2n) is 8.70. The number of nitrogens with one attached hydrogen (secondary N) is 1. The average Bonchev–Trinajstić information content (AvgIpc) is 3.09.